The van der Waals surface area contributed by atoms with E-state index < -0.39 is 0 Å². The Hall–Kier alpha value is -0.0100. The molecule has 0 heterocycles. The molecule has 0 bridgehead atoms. The SMILES string of the molecule is C=CC[N+](CCCCCCCCCCCCCCCCCC)(CCCCCCCCCCCCCCCCCC)CCCCCCCCCCCCCCCCCC.[Cl-]. The second-order valence-electron chi connectivity index (χ2n) is 19.9. The quantitative estimate of drug-likeness (QED) is 0.0325. The number of quaternary nitrogens is 1. The standard InChI is InChI=1S/C57H116N.ClH/c1-5-9-12-15-18-21-24-27-30-33-36-39-42-45-48-51-55-58(54-8-4,56-52-49-46-43-40-37-34-31-28-25-22-19-16-13-10-6-2)57-53-50-47-44-41-38-35-32-29-26-23-20-17-14-11-7-3;/h8H,4-7,9-57H2,1-3H3;1H/q+1;/p-1. The topological polar surface area (TPSA) is 0 Å². The molecule has 0 aromatic heterocycles. The number of rotatable bonds is 53. The third-order valence-corrected chi connectivity index (χ3v) is 14.0. The molecule has 356 valence electrons. The number of hydrogen-bond acceptors (Lipinski definition) is 0. The fraction of sp³-hybridized carbons (Fsp3) is 0.965. The van der Waals surface area contributed by atoms with Crippen molar-refractivity contribution in [2.45, 2.75) is 329 Å². The van der Waals surface area contributed by atoms with Crippen LogP contribution in [-0.4, -0.2) is 30.7 Å². The molecular weight excluding hydrogens is 734 g/mol. The van der Waals surface area contributed by atoms with Gasteiger partial charge in [0.05, 0.1) is 26.2 Å². The van der Waals surface area contributed by atoms with Crippen LogP contribution >= 0.6 is 0 Å². The molecule has 1 nitrogen and oxygen atoms in total. The van der Waals surface area contributed by atoms with E-state index in [1.54, 1.807) is 0 Å². The van der Waals surface area contributed by atoms with E-state index in [0.29, 0.717) is 0 Å². The van der Waals surface area contributed by atoms with E-state index in [2.05, 4.69) is 33.4 Å². The van der Waals surface area contributed by atoms with Crippen molar-refractivity contribution in [2.75, 3.05) is 26.2 Å². The van der Waals surface area contributed by atoms with Crippen LogP contribution in [0.3, 0.4) is 0 Å². The van der Waals surface area contributed by atoms with E-state index in [1.807, 2.05) is 0 Å². The van der Waals surface area contributed by atoms with Crippen LogP contribution in [0, 0.1) is 0 Å². The highest BCUT2D eigenvalue weighted by molar-refractivity contribution is 4.67. The Balaban J connectivity index is 0. The zero-order valence-corrected chi connectivity index (χ0v) is 42.6. The summed E-state index contributed by atoms with van der Waals surface area (Å²) < 4.78 is 1.35. The van der Waals surface area contributed by atoms with E-state index in [1.165, 1.54) is 339 Å². The van der Waals surface area contributed by atoms with Crippen LogP contribution in [0.4, 0.5) is 0 Å². The Morgan fingerprint density at radius 1 is 0.237 bits per heavy atom. The van der Waals surface area contributed by atoms with Gasteiger partial charge in [-0.2, -0.15) is 0 Å². The van der Waals surface area contributed by atoms with Crippen molar-refractivity contribution in [1.29, 1.82) is 0 Å². The van der Waals surface area contributed by atoms with Crippen molar-refractivity contribution in [3.05, 3.63) is 12.7 Å². The third-order valence-electron chi connectivity index (χ3n) is 14.0. The van der Waals surface area contributed by atoms with Crippen molar-refractivity contribution in [1.82, 2.24) is 0 Å². The van der Waals surface area contributed by atoms with Crippen molar-refractivity contribution in [3.8, 4) is 0 Å². The molecule has 0 amide bonds. The highest BCUT2D eigenvalue weighted by Gasteiger charge is 2.24. The third kappa shape index (κ3) is 48.9. The monoisotopic (exact) mass is 850 g/mol. The minimum Gasteiger partial charge on any atom is -1.00 e. The van der Waals surface area contributed by atoms with Crippen LogP contribution in [0.15, 0.2) is 12.7 Å². The Morgan fingerprint density at radius 2 is 0.373 bits per heavy atom. The van der Waals surface area contributed by atoms with Gasteiger partial charge >= 0.3 is 0 Å². The molecule has 0 fully saturated rings. The predicted octanol–water partition coefficient (Wildman–Crippen LogP) is 17.8. The maximum absolute atomic E-state index is 4.30. The molecule has 0 spiro atoms. The number of hydrogen-bond donors (Lipinski definition) is 0. The van der Waals surface area contributed by atoms with Gasteiger partial charge in [0.15, 0.2) is 0 Å². The summed E-state index contributed by atoms with van der Waals surface area (Å²) in [5.41, 5.74) is 0. The van der Waals surface area contributed by atoms with Crippen molar-refractivity contribution >= 4 is 0 Å². The molecule has 0 atom stereocenters. The number of nitrogens with zero attached hydrogens (tertiary/aromatic N) is 1. The van der Waals surface area contributed by atoms with Gasteiger partial charge in [0, 0.05) is 0 Å². The summed E-state index contributed by atoms with van der Waals surface area (Å²) in [5.74, 6) is 0. The van der Waals surface area contributed by atoms with Crippen LogP contribution in [0.1, 0.15) is 329 Å². The minimum absolute atomic E-state index is 0. The van der Waals surface area contributed by atoms with Gasteiger partial charge in [0.1, 0.15) is 0 Å². The second kappa shape index (κ2) is 54.1. The summed E-state index contributed by atoms with van der Waals surface area (Å²) in [4.78, 5) is 0. The summed E-state index contributed by atoms with van der Waals surface area (Å²) in [5, 5.41) is 0. The molecule has 0 aliphatic heterocycles. The molecule has 2 heteroatoms. The first kappa shape index (κ1) is 61.1. The Morgan fingerprint density at radius 3 is 0.508 bits per heavy atom. The minimum atomic E-state index is 0. The van der Waals surface area contributed by atoms with Gasteiger partial charge in [-0.05, 0) is 44.6 Å². The van der Waals surface area contributed by atoms with E-state index in [-0.39, 0.29) is 12.4 Å². The van der Waals surface area contributed by atoms with Gasteiger partial charge in [-0.1, -0.05) is 297 Å². The molecule has 0 saturated carbocycles. The van der Waals surface area contributed by atoms with E-state index in [4.69, 9.17) is 0 Å². The Labute approximate surface area is 383 Å². The molecule has 0 unspecified atom stereocenters. The van der Waals surface area contributed by atoms with Gasteiger partial charge in [-0.3, -0.25) is 0 Å². The molecule has 0 aliphatic carbocycles. The van der Waals surface area contributed by atoms with Crippen LogP contribution in [0.25, 0.3) is 0 Å². The van der Waals surface area contributed by atoms with Crippen molar-refractivity contribution in [2.24, 2.45) is 0 Å². The summed E-state index contributed by atoms with van der Waals surface area (Å²) >= 11 is 0. The van der Waals surface area contributed by atoms with Crippen LogP contribution < -0.4 is 12.4 Å². The van der Waals surface area contributed by atoms with Gasteiger partial charge in [-0.25, -0.2) is 0 Å². The summed E-state index contributed by atoms with van der Waals surface area (Å²) in [6, 6.07) is 0. The lowest BCUT2D eigenvalue weighted by Crippen LogP contribution is -3.00. The lowest BCUT2D eigenvalue weighted by atomic mass is 10.0. The van der Waals surface area contributed by atoms with Crippen LogP contribution in [0.2, 0.25) is 0 Å². The molecule has 0 rings (SSSR count). The van der Waals surface area contributed by atoms with E-state index >= 15 is 0 Å². The molecule has 59 heavy (non-hydrogen) atoms. The van der Waals surface area contributed by atoms with E-state index in [9.17, 15) is 0 Å². The zero-order chi connectivity index (χ0) is 42.0. The molecule has 0 aromatic carbocycles. The summed E-state index contributed by atoms with van der Waals surface area (Å²) in [6.45, 7) is 16.7. The van der Waals surface area contributed by atoms with E-state index in [0.717, 1.165) is 0 Å². The van der Waals surface area contributed by atoms with Gasteiger partial charge < -0.3 is 16.9 Å². The molecule has 0 N–H and O–H groups in total. The first-order valence-electron chi connectivity index (χ1n) is 28.2. The highest BCUT2D eigenvalue weighted by Crippen LogP contribution is 2.21. The number of halogens is 1. The Kier molecular flexibility index (Phi) is 56.0. The summed E-state index contributed by atoms with van der Waals surface area (Å²) in [6.07, 6.45) is 72.5. The first-order chi connectivity index (χ1) is 28.7. The van der Waals surface area contributed by atoms with Crippen LogP contribution in [0.5, 0.6) is 0 Å². The zero-order valence-electron chi connectivity index (χ0n) is 41.9. The maximum Gasteiger partial charge on any atom is 0.0971 e. The lowest BCUT2D eigenvalue weighted by Gasteiger charge is -2.38. The maximum atomic E-state index is 4.30. The average Bonchev–Trinajstić information content (AvgIpc) is 3.23. The molecule has 0 aromatic rings. The molecule has 0 radical (unpaired) electrons. The normalized spacial score (nSPS) is 11.7. The van der Waals surface area contributed by atoms with Gasteiger partial charge in [-0.15, -0.1) is 0 Å². The van der Waals surface area contributed by atoms with Gasteiger partial charge in [0.2, 0.25) is 0 Å². The Bertz CT molecular complexity index is 646. The number of unbranched alkanes of at least 4 members (excludes halogenated alkanes) is 45. The average molecular weight is 851 g/mol. The van der Waals surface area contributed by atoms with Crippen LogP contribution in [-0.2, 0) is 0 Å². The van der Waals surface area contributed by atoms with Crippen molar-refractivity contribution in [3.63, 3.8) is 0 Å². The smallest absolute Gasteiger partial charge is 0.0971 e. The molecular formula is C57H116ClN. The largest absolute Gasteiger partial charge is 1.00 e. The van der Waals surface area contributed by atoms with Crippen molar-refractivity contribution < 1.29 is 16.9 Å². The molecule has 0 aliphatic rings. The highest BCUT2D eigenvalue weighted by atomic mass is 35.5. The first-order valence-corrected chi connectivity index (χ1v) is 28.2. The fourth-order valence-corrected chi connectivity index (χ4v) is 9.87. The fourth-order valence-electron chi connectivity index (χ4n) is 9.87. The molecule has 0 saturated heterocycles. The second-order valence-corrected chi connectivity index (χ2v) is 19.9. The lowest BCUT2D eigenvalue weighted by molar-refractivity contribution is -0.923. The van der Waals surface area contributed by atoms with Gasteiger partial charge in [0.25, 0.3) is 0 Å². The summed E-state index contributed by atoms with van der Waals surface area (Å²) in [7, 11) is 0. The predicted molar refractivity (Wildman–Crippen MR) is 269 cm³/mol.